The maximum absolute atomic E-state index is 10.3. The van der Waals surface area contributed by atoms with Gasteiger partial charge in [-0.05, 0) is 12.8 Å². The highest BCUT2D eigenvalue weighted by Gasteiger charge is 2.43. The zero-order valence-corrected chi connectivity index (χ0v) is 7.28. The van der Waals surface area contributed by atoms with Crippen LogP contribution in [-0.2, 0) is 16.6 Å². The number of nitrogens with zero attached hydrogens (tertiary/aromatic N) is 2. The lowest BCUT2D eigenvalue weighted by atomic mass is 10.1. The molecule has 0 spiro atoms. The summed E-state index contributed by atoms with van der Waals surface area (Å²) in [6.45, 7) is 2.04. The first kappa shape index (κ1) is 8.22. The highest BCUT2D eigenvalue weighted by Crippen LogP contribution is 2.45. The normalized spacial score (nSPS) is 18.5. The standard InChI is InChI=1S/C8H10N2O3/c1-8(2-3-8)7-9-5(13-10-7)4-6(11)12/h2-4H2,1H3,(H,11,12). The van der Waals surface area contributed by atoms with Crippen LogP contribution in [0.15, 0.2) is 4.52 Å². The molecule has 1 heterocycles. The quantitative estimate of drug-likeness (QED) is 0.746. The fourth-order valence-corrected chi connectivity index (χ4v) is 1.11. The number of aromatic nitrogens is 2. The van der Waals surface area contributed by atoms with Crippen LogP contribution in [0, 0.1) is 0 Å². The van der Waals surface area contributed by atoms with Crippen LogP contribution in [0.25, 0.3) is 0 Å². The third-order valence-corrected chi connectivity index (χ3v) is 2.31. The Morgan fingerprint density at radius 3 is 2.92 bits per heavy atom. The third-order valence-electron chi connectivity index (χ3n) is 2.31. The van der Waals surface area contributed by atoms with E-state index in [0.717, 1.165) is 12.8 Å². The van der Waals surface area contributed by atoms with Crippen LogP contribution in [0.1, 0.15) is 31.5 Å². The first-order chi connectivity index (χ1) is 6.10. The van der Waals surface area contributed by atoms with E-state index in [9.17, 15) is 4.79 Å². The Labute approximate surface area is 74.8 Å². The molecule has 0 radical (unpaired) electrons. The van der Waals surface area contributed by atoms with Crippen molar-refractivity contribution in [3.05, 3.63) is 11.7 Å². The van der Waals surface area contributed by atoms with Crippen molar-refractivity contribution in [1.29, 1.82) is 0 Å². The molecule has 1 fully saturated rings. The van der Waals surface area contributed by atoms with Crippen LogP contribution in [0.2, 0.25) is 0 Å². The molecule has 0 atom stereocenters. The predicted molar refractivity (Wildman–Crippen MR) is 42.2 cm³/mol. The van der Waals surface area contributed by atoms with E-state index < -0.39 is 5.97 Å². The van der Waals surface area contributed by atoms with Crippen LogP contribution in [0.3, 0.4) is 0 Å². The van der Waals surface area contributed by atoms with Gasteiger partial charge >= 0.3 is 5.97 Å². The van der Waals surface area contributed by atoms with Crippen molar-refractivity contribution in [2.45, 2.75) is 31.6 Å². The molecular formula is C8H10N2O3. The molecule has 0 unspecified atom stereocenters. The first-order valence-corrected chi connectivity index (χ1v) is 4.15. The van der Waals surface area contributed by atoms with E-state index in [1.165, 1.54) is 0 Å². The Kier molecular flexibility index (Phi) is 1.61. The Bertz CT molecular complexity index is 341. The molecule has 2 rings (SSSR count). The molecule has 70 valence electrons. The number of hydrogen-bond donors (Lipinski definition) is 1. The number of carboxylic acid groups (broad SMARTS) is 1. The summed E-state index contributed by atoms with van der Waals surface area (Å²) in [4.78, 5) is 14.3. The smallest absolute Gasteiger partial charge is 0.312 e. The average Bonchev–Trinajstić information content (AvgIpc) is 2.62. The number of rotatable bonds is 3. The van der Waals surface area contributed by atoms with E-state index in [2.05, 4.69) is 10.1 Å². The van der Waals surface area contributed by atoms with E-state index in [1.54, 1.807) is 0 Å². The molecule has 1 aromatic heterocycles. The zero-order valence-electron chi connectivity index (χ0n) is 7.28. The molecule has 0 amide bonds. The molecular weight excluding hydrogens is 172 g/mol. The predicted octanol–water partition coefficient (Wildman–Crippen LogP) is 0.748. The van der Waals surface area contributed by atoms with Gasteiger partial charge in [0.2, 0.25) is 5.89 Å². The summed E-state index contributed by atoms with van der Waals surface area (Å²) >= 11 is 0. The van der Waals surface area contributed by atoms with Gasteiger partial charge < -0.3 is 9.63 Å². The second-order valence-corrected chi connectivity index (χ2v) is 3.64. The van der Waals surface area contributed by atoms with Crippen LogP contribution in [-0.4, -0.2) is 21.2 Å². The Morgan fingerprint density at radius 1 is 1.69 bits per heavy atom. The molecule has 1 aromatic rings. The van der Waals surface area contributed by atoms with Crippen molar-refractivity contribution in [1.82, 2.24) is 10.1 Å². The van der Waals surface area contributed by atoms with Gasteiger partial charge in [0.05, 0.1) is 0 Å². The molecule has 0 aliphatic heterocycles. The lowest BCUT2D eigenvalue weighted by Gasteiger charge is -1.96. The second-order valence-electron chi connectivity index (χ2n) is 3.64. The number of carbonyl (C=O) groups is 1. The highest BCUT2D eigenvalue weighted by molar-refractivity contribution is 5.68. The van der Waals surface area contributed by atoms with E-state index in [1.807, 2.05) is 6.92 Å². The minimum absolute atomic E-state index is 0.0419. The van der Waals surface area contributed by atoms with Crippen LogP contribution in [0.5, 0.6) is 0 Å². The van der Waals surface area contributed by atoms with Crippen molar-refractivity contribution in [2.24, 2.45) is 0 Å². The molecule has 13 heavy (non-hydrogen) atoms. The minimum Gasteiger partial charge on any atom is -0.481 e. The van der Waals surface area contributed by atoms with Gasteiger partial charge in [-0.25, -0.2) is 0 Å². The molecule has 5 nitrogen and oxygen atoms in total. The maximum atomic E-state index is 10.3. The van der Waals surface area contributed by atoms with E-state index in [0.29, 0.717) is 5.82 Å². The molecule has 1 aliphatic rings. The van der Waals surface area contributed by atoms with Gasteiger partial charge in [0, 0.05) is 5.41 Å². The summed E-state index contributed by atoms with van der Waals surface area (Å²) in [5.74, 6) is -0.115. The van der Waals surface area contributed by atoms with Crippen molar-refractivity contribution >= 4 is 5.97 Å². The lowest BCUT2D eigenvalue weighted by Crippen LogP contribution is -2.04. The Balaban J connectivity index is 2.14. The van der Waals surface area contributed by atoms with Crippen LogP contribution >= 0.6 is 0 Å². The average molecular weight is 182 g/mol. The van der Waals surface area contributed by atoms with E-state index >= 15 is 0 Å². The van der Waals surface area contributed by atoms with Crippen LogP contribution in [0.4, 0.5) is 0 Å². The molecule has 0 bridgehead atoms. The first-order valence-electron chi connectivity index (χ1n) is 4.15. The molecule has 5 heteroatoms. The van der Waals surface area contributed by atoms with Crippen molar-refractivity contribution in [3.63, 3.8) is 0 Å². The van der Waals surface area contributed by atoms with Gasteiger partial charge in [-0.3, -0.25) is 4.79 Å². The Hall–Kier alpha value is -1.39. The minimum atomic E-state index is -0.948. The van der Waals surface area contributed by atoms with Gasteiger partial charge in [0.25, 0.3) is 0 Å². The van der Waals surface area contributed by atoms with Gasteiger partial charge in [-0.15, -0.1) is 0 Å². The van der Waals surface area contributed by atoms with E-state index in [-0.39, 0.29) is 17.7 Å². The fraction of sp³-hybridized carbons (Fsp3) is 0.625. The molecule has 1 aliphatic carbocycles. The van der Waals surface area contributed by atoms with E-state index in [4.69, 9.17) is 9.63 Å². The SMILES string of the molecule is CC1(c2noc(CC(=O)O)n2)CC1. The molecule has 0 saturated heterocycles. The summed E-state index contributed by atoms with van der Waals surface area (Å²) in [5, 5.41) is 12.2. The highest BCUT2D eigenvalue weighted by atomic mass is 16.5. The van der Waals surface area contributed by atoms with Crippen molar-refractivity contribution in [3.8, 4) is 0 Å². The number of hydrogen-bond acceptors (Lipinski definition) is 4. The van der Waals surface area contributed by atoms with Gasteiger partial charge in [0.1, 0.15) is 6.42 Å². The topological polar surface area (TPSA) is 76.2 Å². The number of carboxylic acids is 1. The fourth-order valence-electron chi connectivity index (χ4n) is 1.11. The van der Waals surface area contributed by atoms with Gasteiger partial charge in [-0.1, -0.05) is 12.1 Å². The largest absolute Gasteiger partial charge is 0.481 e. The summed E-state index contributed by atoms with van der Waals surface area (Å²) in [6.07, 6.45) is 1.92. The zero-order chi connectivity index (χ0) is 9.47. The van der Waals surface area contributed by atoms with Gasteiger partial charge in [-0.2, -0.15) is 4.98 Å². The molecule has 1 N–H and O–H groups in total. The molecule has 0 aromatic carbocycles. The van der Waals surface area contributed by atoms with Gasteiger partial charge in [0.15, 0.2) is 5.82 Å². The van der Waals surface area contributed by atoms with Crippen LogP contribution < -0.4 is 0 Å². The lowest BCUT2D eigenvalue weighted by molar-refractivity contribution is -0.136. The summed E-state index contributed by atoms with van der Waals surface area (Å²) < 4.78 is 4.80. The summed E-state index contributed by atoms with van der Waals surface area (Å²) in [5.41, 5.74) is 0.0419. The summed E-state index contributed by atoms with van der Waals surface area (Å²) in [6, 6.07) is 0. The maximum Gasteiger partial charge on any atom is 0.312 e. The van der Waals surface area contributed by atoms with Crippen molar-refractivity contribution in [2.75, 3.05) is 0 Å². The Morgan fingerprint density at radius 2 is 2.38 bits per heavy atom. The summed E-state index contributed by atoms with van der Waals surface area (Å²) in [7, 11) is 0. The number of aliphatic carboxylic acids is 1. The molecule has 1 saturated carbocycles. The third kappa shape index (κ3) is 1.54. The second kappa shape index (κ2) is 2.55. The van der Waals surface area contributed by atoms with Crippen molar-refractivity contribution < 1.29 is 14.4 Å². The monoisotopic (exact) mass is 182 g/mol.